The highest BCUT2D eigenvalue weighted by atomic mass is 32.2. The molecule has 5 rings (SSSR count). The van der Waals surface area contributed by atoms with Crippen LogP contribution in [0.4, 0.5) is 9.18 Å². The molecule has 0 aliphatic carbocycles. The van der Waals surface area contributed by atoms with Crippen LogP contribution in [0, 0.1) is 5.82 Å². The SMILES string of the molecule is O=C(CSc1nnc(-c2ccc(F)cc2)n1Cc1ccccc1)NCCN1C(=O)S/C(=C\c2cccnc2)C1=O. The van der Waals surface area contributed by atoms with E-state index >= 15 is 0 Å². The van der Waals surface area contributed by atoms with Gasteiger partial charge in [-0.2, -0.15) is 0 Å². The van der Waals surface area contributed by atoms with Crippen molar-refractivity contribution >= 4 is 46.7 Å². The number of hydrogen-bond donors (Lipinski definition) is 1. The van der Waals surface area contributed by atoms with Gasteiger partial charge in [-0.05, 0) is 59.3 Å². The van der Waals surface area contributed by atoms with Crippen molar-refractivity contribution in [2.24, 2.45) is 0 Å². The summed E-state index contributed by atoms with van der Waals surface area (Å²) < 4.78 is 15.4. The molecule has 3 heterocycles. The van der Waals surface area contributed by atoms with E-state index < -0.39 is 5.91 Å². The van der Waals surface area contributed by atoms with Crippen LogP contribution in [0.2, 0.25) is 0 Å². The van der Waals surface area contributed by atoms with Crippen LogP contribution in [0.25, 0.3) is 17.5 Å². The number of carbonyl (C=O) groups excluding carboxylic acids is 3. The fraction of sp³-hybridized carbons (Fsp3) is 0.143. The Kier molecular flexibility index (Phi) is 8.67. The van der Waals surface area contributed by atoms with Gasteiger partial charge in [0.25, 0.3) is 11.1 Å². The van der Waals surface area contributed by atoms with Crippen LogP contribution in [-0.4, -0.2) is 60.5 Å². The summed E-state index contributed by atoms with van der Waals surface area (Å²) in [6, 6.07) is 19.3. The molecule has 1 N–H and O–H groups in total. The molecular formula is C28H23FN6O3S2. The molecule has 0 saturated carbocycles. The second kappa shape index (κ2) is 12.7. The van der Waals surface area contributed by atoms with Gasteiger partial charge in [0, 0.05) is 31.0 Å². The van der Waals surface area contributed by atoms with Gasteiger partial charge in [-0.15, -0.1) is 10.2 Å². The number of nitrogens with one attached hydrogen (secondary N) is 1. The van der Waals surface area contributed by atoms with Crippen molar-refractivity contribution in [3.05, 3.63) is 101 Å². The van der Waals surface area contributed by atoms with Crippen LogP contribution in [0.1, 0.15) is 11.1 Å². The Morgan fingerprint density at radius 3 is 2.58 bits per heavy atom. The monoisotopic (exact) mass is 574 g/mol. The summed E-state index contributed by atoms with van der Waals surface area (Å²) in [5.74, 6) is -0.407. The Labute approximate surface area is 237 Å². The minimum absolute atomic E-state index is 0.0547. The number of carbonyl (C=O) groups is 3. The lowest BCUT2D eigenvalue weighted by molar-refractivity contribution is -0.123. The van der Waals surface area contributed by atoms with Gasteiger partial charge in [0.2, 0.25) is 5.91 Å². The molecule has 12 heteroatoms. The van der Waals surface area contributed by atoms with Crippen molar-refractivity contribution in [1.29, 1.82) is 0 Å². The van der Waals surface area contributed by atoms with E-state index in [1.165, 1.54) is 23.9 Å². The number of rotatable bonds is 10. The standard InChI is InChI=1S/C28H23FN6O3S2/c29-22-10-8-21(9-11-22)25-32-33-27(35(25)17-19-5-2-1-3-6-19)39-18-24(36)31-13-14-34-26(37)23(40-28(34)38)15-20-7-4-12-30-16-20/h1-12,15-16H,13-14,17-18H2,(H,31,36)/b23-15-. The fourth-order valence-electron chi connectivity index (χ4n) is 3.91. The molecule has 0 radical (unpaired) electrons. The van der Waals surface area contributed by atoms with Crippen molar-refractivity contribution < 1.29 is 18.8 Å². The number of amides is 3. The molecular weight excluding hydrogens is 551 g/mol. The van der Waals surface area contributed by atoms with Crippen LogP contribution in [0.5, 0.6) is 0 Å². The number of imide groups is 1. The van der Waals surface area contributed by atoms with Gasteiger partial charge in [-0.1, -0.05) is 48.2 Å². The first-order valence-corrected chi connectivity index (χ1v) is 14.1. The van der Waals surface area contributed by atoms with Crippen LogP contribution in [0.15, 0.2) is 89.2 Å². The van der Waals surface area contributed by atoms with E-state index in [-0.39, 0.29) is 35.8 Å². The third kappa shape index (κ3) is 6.64. The molecule has 1 saturated heterocycles. The second-order valence-corrected chi connectivity index (χ2v) is 10.6. The highest BCUT2D eigenvalue weighted by molar-refractivity contribution is 8.18. The molecule has 1 aliphatic rings. The van der Waals surface area contributed by atoms with Crippen LogP contribution in [-0.2, 0) is 16.1 Å². The average Bonchev–Trinajstić information content (AvgIpc) is 3.48. The first-order chi connectivity index (χ1) is 19.5. The Balaban J connectivity index is 1.19. The molecule has 2 aromatic heterocycles. The van der Waals surface area contributed by atoms with Gasteiger partial charge < -0.3 is 5.32 Å². The number of aromatic nitrogens is 4. The summed E-state index contributed by atoms with van der Waals surface area (Å²) in [5.41, 5.74) is 2.45. The van der Waals surface area contributed by atoms with Gasteiger partial charge in [0.05, 0.1) is 17.2 Å². The third-order valence-electron chi connectivity index (χ3n) is 5.85. The second-order valence-electron chi connectivity index (χ2n) is 8.64. The van der Waals surface area contributed by atoms with Gasteiger partial charge in [-0.25, -0.2) is 4.39 Å². The van der Waals surface area contributed by atoms with Crippen molar-refractivity contribution in [2.45, 2.75) is 11.7 Å². The molecule has 9 nitrogen and oxygen atoms in total. The van der Waals surface area contributed by atoms with E-state index in [0.29, 0.717) is 28.0 Å². The minimum atomic E-state index is -0.398. The first kappa shape index (κ1) is 27.3. The lowest BCUT2D eigenvalue weighted by Crippen LogP contribution is -2.37. The summed E-state index contributed by atoms with van der Waals surface area (Å²) in [5, 5.41) is 11.5. The zero-order chi connectivity index (χ0) is 27.9. The maximum Gasteiger partial charge on any atom is 0.293 e. The summed E-state index contributed by atoms with van der Waals surface area (Å²) >= 11 is 2.08. The Morgan fingerprint density at radius 1 is 1.02 bits per heavy atom. The molecule has 0 atom stereocenters. The average molecular weight is 575 g/mol. The topological polar surface area (TPSA) is 110 Å². The van der Waals surface area contributed by atoms with E-state index in [9.17, 15) is 18.8 Å². The van der Waals surface area contributed by atoms with E-state index in [0.717, 1.165) is 27.8 Å². The molecule has 3 amide bonds. The number of thioether (sulfide) groups is 2. The van der Waals surface area contributed by atoms with Crippen molar-refractivity contribution in [3.63, 3.8) is 0 Å². The van der Waals surface area contributed by atoms with Gasteiger partial charge in [0.1, 0.15) is 5.82 Å². The number of hydrogen-bond acceptors (Lipinski definition) is 8. The molecule has 202 valence electrons. The lowest BCUT2D eigenvalue weighted by Gasteiger charge is -2.13. The highest BCUT2D eigenvalue weighted by Crippen LogP contribution is 2.31. The molecule has 4 aromatic rings. The van der Waals surface area contributed by atoms with Crippen LogP contribution in [0.3, 0.4) is 0 Å². The van der Waals surface area contributed by atoms with Crippen LogP contribution >= 0.6 is 23.5 Å². The quantitative estimate of drug-likeness (QED) is 0.218. The third-order valence-corrected chi connectivity index (χ3v) is 7.72. The van der Waals surface area contributed by atoms with Gasteiger partial charge >= 0.3 is 0 Å². The summed E-state index contributed by atoms with van der Waals surface area (Å²) in [6.07, 6.45) is 4.86. The molecule has 0 bridgehead atoms. The largest absolute Gasteiger partial charge is 0.354 e. The van der Waals surface area contributed by atoms with Crippen molar-refractivity contribution in [1.82, 2.24) is 30.0 Å². The Bertz CT molecular complexity index is 1550. The Hall–Kier alpha value is -4.29. The molecule has 0 spiro atoms. The lowest BCUT2D eigenvalue weighted by atomic mass is 10.2. The van der Waals surface area contributed by atoms with E-state index in [1.807, 2.05) is 34.9 Å². The summed E-state index contributed by atoms with van der Waals surface area (Å²) in [6.45, 7) is 0.649. The predicted octanol–water partition coefficient (Wildman–Crippen LogP) is 4.47. The maximum atomic E-state index is 13.5. The zero-order valence-corrected chi connectivity index (χ0v) is 22.7. The van der Waals surface area contributed by atoms with E-state index in [4.69, 9.17) is 0 Å². The maximum absolute atomic E-state index is 13.5. The molecule has 2 aromatic carbocycles. The predicted molar refractivity (Wildman–Crippen MR) is 152 cm³/mol. The van der Waals surface area contributed by atoms with Crippen LogP contribution < -0.4 is 5.32 Å². The zero-order valence-electron chi connectivity index (χ0n) is 21.1. The van der Waals surface area contributed by atoms with Gasteiger partial charge in [-0.3, -0.25) is 28.8 Å². The van der Waals surface area contributed by atoms with Crippen molar-refractivity contribution in [3.8, 4) is 11.4 Å². The number of halogens is 1. The molecule has 0 unspecified atom stereocenters. The number of pyridine rings is 1. The minimum Gasteiger partial charge on any atom is -0.354 e. The first-order valence-electron chi connectivity index (χ1n) is 12.3. The van der Waals surface area contributed by atoms with E-state index in [2.05, 4.69) is 20.5 Å². The smallest absolute Gasteiger partial charge is 0.293 e. The Morgan fingerprint density at radius 2 is 1.82 bits per heavy atom. The van der Waals surface area contributed by atoms with Crippen molar-refractivity contribution in [2.75, 3.05) is 18.8 Å². The fourth-order valence-corrected chi connectivity index (χ4v) is 5.54. The number of nitrogens with zero attached hydrogens (tertiary/aromatic N) is 5. The van der Waals surface area contributed by atoms with Gasteiger partial charge in [0.15, 0.2) is 11.0 Å². The molecule has 1 aliphatic heterocycles. The normalized spacial score (nSPS) is 14.2. The molecule has 40 heavy (non-hydrogen) atoms. The number of benzene rings is 2. The van der Waals surface area contributed by atoms with E-state index in [1.54, 1.807) is 42.7 Å². The summed E-state index contributed by atoms with van der Waals surface area (Å²) in [4.78, 5) is 43.1. The molecule has 1 fully saturated rings. The summed E-state index contributed by atoms with van der Waals surface area (Å²) in [7, 11) is 0. The highest BCUT2D eigenvalue weighted by Gasteiger charge is 2.34.